The van der Waals surface area contributed by atoms with E-state index >= 15 is 0 Å². The van der Waals surface area contributed by atoms with E-state index in [9.17, 15) is 0 Å². The number of nitrogens with one attached hydrogen (secondary N) is 1. The Hall–Kier alpha value is -1.20. The average molecular weight is 278 g/mol. The largest absolute Gasteiger partial charge is 0.313 e. The lowest BCUT2D eigenvalue weighted by atomic mass is 10.2. The molecule has 104 valence electrons. The van der Waals surface area contributed by atoms with E-state index in [1.54, 1.807) is 11.3 Å². The maximum atomic E-state index is 4.64. The molecule has 5 heteroatoms. The summed E-state index contributed by atoms with van der Waals surface area (Å²) in [5.74, 6) is 0. The first-order valence-electron chi connectivity index (χ1n) is 6.76. The van der Waals surface area contributed by atoms with E-state index in [4.69, 9.17) is 0 Å². The van der Waals surface area contributed by atoms with Crippen LogP contribution in [0.4, 0.5) is 0 Å². The Morgan fingerprint density at radius 3 is 2.74 bits per heavy atom. The minimum atomic E-state index is 0.777. The van der Waals surface area contributed by atoms with E-state index < -0.39 is 0 Å². The first-order valence-corrected chi connectivity index (χ1v) is 7.64. The fraction of sp³-hybridized carbons (Fsp3) is 0.571. The lowest BCUT2D eigenvalue weighted by molar-refractivity contribution is 0.647. The Labute approximate surface area is 118 Å². The summed E-state index contributed by atoms with van der Waals surface area (Å²) in [6.45, 7) is 11.2. The summed E-state index contributed by atoms with van der Waals surface area (Å²) in [6.07, 6.45) is 1.16. The zero-order valence-electron chi connectivity index (χ0n) is 12.2. The highest BCUT2D eigenvalue weighted by atomic mass is 32.1. The number of nitrogens with zero attached hydrogens (tertiary/aromatic N) is 3. The number of aryl methyl sites for hydroxylation is 2. The van der Waals surface area contributed by atoms with Gasteiger partial charge in [0.15, 0.2) is 0 Å². The van der Waals surface area contributed by atoms with Crippen LogP contribution < -0.4 is 5.32 Å². The molecule has 19 heavy (non-hydrogen) atoms. The summed E-state index contributed by atoms with van der Waals surface area (Å²) in [5, 5.41) is 11.3. The normalized spacial score (nSPS) is 11.2. The van der Waals surface area contributed by atoms with E-state index in [1.165, 1.54) is 11.3 Å². The summed E-state index contributed by atoms with van der Waals surface area (Å²) in [7, 11) is 0. The first-order chi connectivity index (χ1) is 9.11. The highest BCUT2D eigenvalue weighted by Crippen LogP contribution is 2.16. The van der Waals surface area contributed by atoms with E-state index in [2.05, 4.69) is 46.2 Å². The van der Waals surface area contributed by atoms with Crippen LogP contribution in [0, 0.1) is 20.8 Å². The summed E-state index contributed by atoms with van der Waals surface area (Å²) < 4.78 is 2.07. The van der Waals surface area contributed by atoms with E-state index in [1.807, 2.05) is 6.92 Å². The van der Waals surface area contributed by atoms with Gasteiger partial charge in [-0.3, -0.25) is 4.68 Å². The zero-order chi connectivity index (χ0) is 13.8. The van der Waals surface area contributed by atoms with Crippen molar-refractivity contribution in [2.24, 2.45) is 0 Å². The van der Waals surface area contributed by atoms with E-state index in [0.29, 0.717) is 0 Å². The number of thiazole rings is 1. The lowest BCUT2D eigenvalue weighted by Gasteiger charge is -2.05. The molecule has 0 aromatic carbocycles. The summed E-state index contributed by atoms with van der Waals surface area (Å²) in [5.41, 5.74) is 4.77. The zero-order valence-corrected chi connectivity index (χ0v) is 13.0. The van der Waals surface area contributed by atoms with Crippen LogP contribution >= 0.6 is 11.3 Å². The topological polar surface area (TPSA) is 42.7 Å². The van der Waals surface area contributed by atoms with E-state index in [-0.39, 0.29) is 0 Å². The molecule has 0 aliphatic carbocycles. The van der Waals surface area contributed by atoms with Gasteiger partial charge in [0, 0.05) is 28.9 Å². The molecule has 0 saturated heterocycles. The molecule has 0 unspecified atom stereocenters. The van der Waals surface area contributed by atoms with Crippen molar-refractivity contribution in [1.29, 1.82) is 0 Å². The molecule has 0 atom stereocenters. The second-order valence-corrected chi connectivity index (χ2v) is 5.81. The average Bonchev–Trinajstić information content (AvgIpc) is 2.88. The maximum absolute atomic E-state index is 4.64. The molecule has 2 heterocycles. The SMILES string of the molecule is CCCNCc1c(C)nn(Cc2nc(C)cs2)c1C. The van der Waals surface area contributed by atoms with Crippen molar-refractivity contribution in [2.75, 3.05) is 6.54 Å². The highest BCUT2D eigenvalue weighted by Gasteiger charge is 2.12. The molecule has 2 rings (SSSR count). The Morgan fingerprint density at radius 2 is 2.11 bits per heavy atom. The van der Waals surface area contributed by atoms with Crippen molar-refractivity contribution >= 4 is 11.3 Å². The molecule has 0 aliphatic rings. The molecule has 4 nitrogen and oxygen atoms in total. The van der Waals surface area contributed by atoms with Crippen molar-refractivity contribution in [3.05, 3.63) is 33.0 Å². The van der Waals surface area contributed by atoms with Crippen LogP contribution in [0.5, 0.6) is 0 Å². The summed E-state index contributed by atoms with van der Waals surface area (Å²) in [4.78, 5) is 4.50. The molecule has 1 N–H and O–H groups in total. The first kappa shape index (κ1) is 14.2. The van der Waals surface area contributed by atoms with Gasteiger partial charge in [-0.2, -0.15) is 5.10 Å². The highest BCUT2D eigenvalue weighted by molar-refractivity contribution is 7.09. The van der Waals surface area contributed by atoms with Crippen LogP contribution in [0.1, 0.15) is 41.0 Å². The Balaban J connectivity index is 2.11. The maximum Gasteiger partial charge on any atom is 0.114 e. The number of hydrogen-bond acceptors (Lipinski definition) is 4. The van der Waals surface area contributed by atoms with E-state index in [0.717, 1.165) is 42.5 Å². The fourth-order valence-corrected chi connectivity index (χ4v) is 2.89. The molecule has 2 aromatic rings. The molecule has 0 radical (unpaired) electrons. The van der Waals surface area contributed by atoms with Gasteiger partial charge < -0.3 is 5.32 Å². The molecule has 0 saturated carbocycles. The monoisotopic (exact) mass is 278 g/mol. The number of hydrogen-bond donors (Lipinski definition) is 1. The van der Waals surface area contributed by atoms with Crippen molar-refractivity contribution in [1.82, 2.24) is 20.1 Å². The second kappa shape index (κ2) is 6.30. The molecule has 0 spiro atoms. The number of rotatable bonds is 6. The molecule has 2 aromatic heterocycles. The molecule has 0 amide bonds. The number of aromatic nitrogens is 3. The van der Waals surface area contributed by atoms with Crippen LogP contribution in [0.25, 0.3) is 0 Å². The van der Waals surface area contributed by atoms with Gasteiger partial charge in [-0.1, -0.05) is 6.92 Å². The predicted octanol–water partition coefficient (Wildman–Crippen LogP) is 2.81. The smallest absolute Gasteiger partial charge is 0.114 e. The Morgan fingerprint density at radius 1 is 1.32 bits per heavy atom. The third kappa shape index (κ3) is 3.42. The van der Waals surface area contributed by atoms with Gasteiger partial charge >= 0.3 is 0 Å². The molecule has 0 fully saturated rings. The van der Waals surface area contributed by atoms with Crippen molar-refractivity contribution in [3.63, 3.8) is 0 Å². The summed E-state index contributed by atoms with van der Waals surface area (Å²) in [6, 6.07) is 0. The van der Waals surface area contributed by atoms with Gasteiger partial charge in [0.25, 0.3) is 0 Å². The van der Waals surface area contributed by atoms with Crippen LogP contribution in [0.15, 0.2) is 5.38 Å². The van der Waals surface area contributed by atoms with Gasteiger partial charge in [0.05, 0.1) is 12.2 Å². The van der Waals surface area contributed by atoms with Gasteiger partial charge in [-0.25, -0.2) is 4.98 Å². The Kier molecular flexibility index (Phi) is 4.71. The van der Waals surface area contributed by atoms with Gasteiger partial charge in [0.1, 0.15) is 5.01 Å². The van der Waals surface area contributed by atoms with Crippen LogP contribution in [-0.2, 0) is 13.1 Å². The Bertz CT molecular complexity index is 542. The predicted molar refractivity (Wildman–Crippen MR) is 79.7 cm³/mol. The standard InChI is InChI=1S/C14H22N4S/c1-5-6-15-7-13-11(3)17-18(12(13)4)8-14-16-10(2)9-19-14/h9,15H,5-8H2,1-4H3. The van der Waals surface area contributed by atoms with Gasteiger partial charge in [-0.05, 0) is 33.7 Å². The van der Waals surface area contributed by atoms with Gasteiger partial charge in [-0.15, -0.1) is 11.3 Å². The van der Waals surface area contributed by atoms with Crippen LogP contribution in [0.3, 0.4) is 0 Å². The van der Waals surface area contributed by atoms with Gasteiger partial charge in [0.2, 0.25) is 0 Å². The minimum absolute atomic E-state index is 0.777. The van der Waals surface area contributed by atoms with Crippen molar-refractivity contribution in [3.8, 4) is 0 Å². The molecular weight excluding hydrogens is 256 g/mol. The molecular formula is C14H22N4S. The fourth-order valence-electron chi connectivity index (χ4n) is 2.14. The minimum Gasteiger partial charge on any atom is -0.313 e. The quantitative estimate of drug-likeness (QED) is 0.826. The summed E-state index contributed by atoms with van der Waals surface area (Å²) >= 11 is 1.70. The molecule has 0 aliphatic heterocycles. The van der Waals surface area contributed by atoms with Crippen molar-refractivity contribution in [2.45, 2.75) is 47.2 Å². The lowest BCUT2D eigenvalue weighted by Crippen LogP contribution is -2.15. The third-order valence-corrected chi connectivity index (χ3v) is 4.16. The van der Waals surface area contributed by atoms with Crippen molar-refractivity contribution < 1.29 is 0 Å². The van der Waals surface area contributed by atoms with Crippen LogP contribution in [-0.4, -0.2) is 21.3 Å². The third-order valence-electron chi connectivity index (χ3n) is 3.21. The molecule has 0 bridgehead atoms. The second-order valence-electron chi connectivity index (χ2n) is 4.87. The van der Waals surface area contributed by atoms with Crippen LogP contribution in [0.2, 0.25) is 0 Å².